The van der Waals surface area contributed by atoms with Crippen LogP contribution in [0.4, 0.5) is 5.13 Å². The summed E-state index contributed by atoms with van der Waals surface area (Å²) in [7, 11) is -3.72. The zero-order valence-electron chi connectivity index (χ0n) is 18.8. The minimum Gasteiger partial charge on any atom is -0.282 e. The minimum absolute atomic E-state index is 0.226. The number of hydrogen-bond acceptors (Lipinski definition) is 6. The van der Waals surface area contributed by atoms with Crippen LogP contribution in [-0.2, 0) is 27.8 Å². The van der Waals surface area contributed by atoms with Gasteiger partial charge in [0.1, 0.15) is 10.3 Å². The molecule has 4 aromatic rings. The van der Waals surface area contributed by atoms with Gasteiger partial charge in [0.2, 0.25) is 5.91 Å². The molecular formula is C25H25N3O3S3. The van der Waals surface area contributed by atoms with Crippen molar-refractivity contribution < 1.29 is 13.2 Å². The van der Waals surface area contributed by atoms with Gasteiger partial charge < -0.3 is 0 Å². The van der Waals surface area contributed by atoms with E-state index in [1.807, 2.05) is 36.4 Å². The van der Waals surface area contributed by atoms with Crippen LogP contribution in [0.1, 0.15) is 30.9 Å². The Morgan fingerprint density at radius 2 is 1.94 bits per heavy atom. The molecule has 2 aromatic carbocycles. The fourth-order valence-electron chi connectivity index (χ4n) is 4.28. The molecule has 9 heteroatoms. The predicted molar refractivity (Wildman–Crippen MR) is 138 cm³/mol. The van der Waals surface area contributed by atoms with Crippen molar-refractivity contribution >= 4 is 54.0 Å². The van der Waals surface area contributed by atoms with Crippen LogP contribution in [0.5, 0.6) is 0 Å². The maximum atomic E-state index is 14.0. The molecule has 1 aliphatic rings. The summed E-state index contributed by atoms with van der Waals surface area (Å²) in [6, 6.07) is 18.5. The van der Waals surface area contributed by atoms with E-state index in [1.54, 1.807) is 22.4 Å². The largest absolute Gasteiger partial charge is 0.282 e. The van der Waals surface area contributed by atoms with Gasteiger partial charge >= 0.3 is 0 Å². The SMILES string of the molecule is CCc1ccc2nc(N(Cc3ccccc3)C(=O)C3CCCN3S(=O)(=O)c3cccs3)sc2c1. The van der Waals surface area contributed by atoms with E-state index in [2.05, 4.69) is 19.1 Å². The Labute approximate surface area is 207 Å². The summed E-state index contributed by atoms with van der Waals surface area (Å²) in [5.41, 5.74) is 3.03. The predicted octanol–water partition coefficient (Wildman–Crippen LogP) is 5.31. The van der Waals surface area contributed by atoms with E-state index in [-0.39, 0.29) is 10.1 Å². The van der Waals surface area contributed by atoms with Gasteiger partial charge in [-0.05, 0) is 54.0 Å². The Bertz CT molecular complexity index is 1400. The first-order valence-corrected chi connectivity index (χ1v) is 14.4. The number of benzene rings is 2. The van der Waals surface area contributed by atoms with Crippen molar-refractivity contribution in [3.05, 3.63) is 77.2 Å². The molecule has 1 unspecified atom stereocenters. The molecule has 0 radical (unpaired) electrons. The first-order chi connectivity index (χ1) is 16.5. The van der Waals surface area contributed by atoms with Gasteiger partial charge in [-0.2, -0.15) is 4.31 Å². The standard InChI is InChI=1S/C25H25N3O3S3/c1-2-18-12-13-20-22(16-18)33-25(26-20)27(17-19-8-4-3-5-9-19)24(29)21-10-6-14-28(21)34(30,31)23-11-7-15-32-23/h3-5,7-9,11-13,15-16,21H,2,6,10,14,17H2,1H3. The van der Waals surface area contributed by atoms with Crippen molar-refractivity contribution in [2.75, 3.05) is 11.4 Å². The lowest BCUT2D eigenvalue weighted by Crippen LogP contribution is -2.47. The van der Waals surface area contributed by atoms with E-state index in [9.17, 15) is 13.2 Å². The highest BCUT2D eigenvalue weighted by Gasteiger charge is 2.42. The van der Waals surface area contributed by atoms with Gasteiger partial charge in [0.25, 0.3) is 10.0 Å². The van der Waals surface area contributed by atoms with E-state index < -0.39 is 16.1 Å². The molecule has 1 fully saturated rings. The van der Waals surface area contributed by atoms with E-state index >= 15 is 0 Å². The Morgan fingerprint density at radius 1 is 1.12 bits per heavy atom. The van der Waals surface area contributed by atoms with Gasteiger partial charge in [0.15, 0.2) is 5.13 Å². The lowest BCUT2D eigenvalue weighted by Gasteiger charge is -2.28. The number of aryl methyl sites for hydroxylation is 1. The number of carbonyl (C=O) groups excluding carboxylic acids is 1. The molecule has 1 aliphatic heterocycles. The molecule has 1 amide bonds. The van der Waals surface area contributed by atoms with Gasteiger partial charge in [-0.15, -0.1) is 11.3 Å². The van der Waals surface area contributed by atoms with E-state index in [0.29, 0.717) is 31.1 Å². The van der Waals surface area contributed by atoms with Crippen molar-refractivity contribution in [2.24, 2.45) is 0 Å². The average Bonchev–Trinajstić information content (AvgIpc) is 3.62. The van der Waals surface area contributed by atoms with Crippen LogP contribution in [0.3, 0.4) is 0 Å². The second-order valence-corrected chi connectivity index (χ2v) is 12.3. The topological polar surface area (TPSA) is 70.6 Å². The number of sulfonamides is 1. The van der Waals surface area contributed by atoms with Gasteiger partial charge in [-0.1, -0.05) is 60.7 Å². The van der Waals surface area contributed by atoms with Crippen molar-refractivity contribution in [3.8, 4) is 0 Å². The number of anilines is 1. The second kappa shape index (κ2) is 9.58. The Balaban J connectivity index is 1.53. The number of thiophene rings is 1. The molecule has 1 saturated heterocycles. The summed E-state index contributed by atoms with van der Waals surface area (Å²) < 4.78 is 29.3. The third-order valence-corrected chi connectivity index (χ3v) is 10.4. The normalized spacial score (nSPS) is 16.8. The number of thiazole rings is 1. The first-order valence-electron chi connectivity index (χ1n) is 11.3. The molecule has 6 nitrogen and oxygen atoms in total. The van der Waals surface area contributed by atoms with Crippen molar-refractivity contribution in [1.82, 2.24) is 9.29 Å². The Kier molecular flexibility index (Phi) is 6.52. The summed E-state index contributed by atoms with van der Waals surface area (Å²) in [6.07, 6.45) is 2.08. The number of fused-ring (bicyclic) bond motifs is 1. The third kappa shape index (κ3) is 4.40. The molecule has 0 N–H and O–H groups in total. The molecule has 0 spiro atoms. The highest BCUT2D eigenvalue weighted by molar-refractivity contribution is 7.91. The number of hydrogen-bond donors (Lipinski definition) is 0. The molecule has 176 valence electrons. The molecule has 5 rings (SSSR count). The molecule has 2 aromatic heterocycles. The lowest BCUT2D eigenvalue weighted by molar-refractivity contribution is -0.121. The van der Waals surface area contributed by atoms with Gasteiger partial charge in [0, 0.05) is 6.54 Å². The van der Waals surface area contributed by atoms with Crippen molar-refractivity contribution in [1.29, 1.82) is 0 Å². The van der Waals surface area contributed by atoms with E-state index in [1.165, 1.54) is 32.5 Å². The van der Waals surface area contributed by atoms with Crippen LogP contribution >= 0.6 is 22.7 Å². The fourth-order valence-corrected chi connectivity index (χ4v) is 8.08. The van der Waals surface area contributed by atoms with Crippen molar-refractivity contribution in [2.45, 2.75) is 43.0 Å². The van der Waals surface area contributed by atoms with E-state index in [0.717, 1.165) is 22.2 Å². The molecule has 0 aliphatic carbocycles. The molecule has 34 heavy (non-hydrogen) atoms. The number of rotatable bonds is 7. The summed E-state index contributed by atoms with van der Waals surface area (Å²) in [5.74, 6) is -0.226. The van der Waals surface area contributed by atoms with Crippen LogP contribution in [0.25, 0.3) is 10.2 Å². The monoisotopic (exact) mass is 511 g/mol. The first kappa shape index (κ1) is 23.2. The van der Waals surface area contributed by atoms with Crippen LogP contribution < -0.4 is 4.90 Å². The van der Waals surface area contributed by atoms with Crippen LogP contribution in [0.15, 0.2) is 70.3 Å². The number of amides is 1. The highest BCUT2D eigenvalue weighted by atomic mass is 32.2. The van der Waals surface area contributed by atoms with Crippen molar-refractivity contribution in [3.63, 3.8) is 0 Å². The minimum atomic E-state index is -3.72. The molecule has 1 atom stereocenters. The van der Waals surface area contributed by atoms with Gasteiger partial charge in [-0.3, -0.25) is 9.69 Å². The Morgan fingerprint density at radius 3 is 2.68 bits per heavy atom. The number of carbonyl (C=O) groups is 1. The zero-order valence-corrected chi connectivity index (χ0v) is 21.2. The summed E-state index contributed by atoms with van der Waals surface area (Å²) in [4.78, 5) is 20.4. The smallest absolute Gasteiger partial charge is 0.253 e. The maximum Gasteiger partial charge on any atom is 0.253 e. The quantitative estimate of drug-likeness (QED) is 0.337. The average molecular weight is 512 g/mol. The Hall–Kier alpha value is -2.59. The molecule has 3 heterocycles. The highest BCUT2D eigenvalue weighted by Crippen LogP contribution is 2.34. The van der Waals surface area contributed by atoms with Crippen LogP contribution in [-0.4, -0.2) is 36.2 Å². The lowest BCUT2D eigenvalue weighted by atomic mass is 10.1. The maximum absolute atomic E-state index is 14.0. The molecule has 0 saturated carbocycles. The molecular weight excluding hydrogens is 486 g/mol. The number of nitrogens with zero attached hydrogens (tertiary/aromatic N) is 3. The molecule has 0 bridgehead atoms. The third-order valence-electron chi connectivity index (χ3n) is 6.08. The van der Waals surface area contributed by atoms with Gasteiger partial charge in [-0.25, -0.2) is 13.4 Å². The summed E-state index contributed by atoms with van der Waals surface area (Å²) in [6.45, 7) is 2.79. The van der Waals surface area contributed by atoms with Gasteiger partial charge in [0.05, 0.1) is 16.8 Å². The fraction of sp³-hybridized carbons (Fsp3) is 0.280. The van der Waals surface area contributed by atoms with E-state index in [4.69, 9.17) is 4.98 Å². The summed E-state index contributed by atoms with van der Waals surface area (Å²) in [5, 5.41) is 2.34. The van der Waals surface area contributed by atoms with Crippen LogP contribution in [0.2, 0.25) is 0 Å². The number of aromatic nitrogens is 1. The summed E-state index contributed by atoms with van der Waals surface area (Å²) >= 11 is 2.66. The van der Waals surface area contributed by atoms with Crippen LogP contribution in [0, 0.1) is 0 Å². The zero-order chi connectivity index (χ0) is 23.7. The second-order valence-electron chi connectivity index (χ2n) is 8.27.